The summed E-state index contributed by atoms with van der Waals surface area (Å²) in [5.74, 6) is 0. The van der Waals surface area contributed by atoms with Crippen molar-refractivity contribution in [3.05, 3.63) is 135 Å². The van der Waals surface area contributed by atoms with Crippen LogP contribution in [0.4, 0.5) is 0 Å². The van der Waals surface area contributed by atoms with Crippen molar-refractivity contribution in [1.82, 2.24) is 0 Å². The minimum atomic E-state index is -0.691. The van der Waals surface area contributed by atoms with Crippen LogP contribution in [-0.4, -0.2) is 24.6 Å². The first-order valence-electron chi connectivity index (χ1n) is 11.6. The molecular weight excluding hydrogens is 657 g/mol. The van der Waals surface area contributed by atoms with Crippen molar-refractivity contribution in [3.63, 3.8) is 0 Å². The van der Waals surface area contributed by atoms with E-state index in [1.807, 2.05) is 0 Å². The smallest absolute Gasteiger partial charge is 0.0967 e. The number of hydrogen-bond acceptors (Lipinski definition) is 0. The molecule has 0 saturated carbocycles. The third-order valence-electron chi connectivity index (χ3n) is 5.44. The Morgan fingerprint density at radius 3 is 1.32 bits per heavy atom. The van der Waals surface area contributed by atoms with Crippen molar-refractivity contribution in [3.8, 4) is 0 Å². The van der Waals surface area contributed by atoms with E-state index in [-0.39, 0.29) is 23.1 Å². The Morgan fingerprint density at radius 2 is 0.947 bits per heavy atom. The quantitative estimate of drug-likeness (QED) is 0.0569. The second-order valence-corrected chi connectivity index (χ2v) is 16.7. The SMILES string of the molecule is [C-]#[O+].[C-]#[O+].[Cl][Ru+2][Cl].c1ccc(P(CCPCC[PH+](c2ccccc2)c2ccccc2)c2ccccc2)cc1. The maximum absolute atomic E-state index is 7.50. The Morgan fingerprint density at radius 1 is 0.605 bits per heavy atom. The number of rotatable bonds is 10. The molecule has 0 saturated heterocycles. The van der Waals surface area contributed by atoms with Crippen LogP contribution in [0, 0.1) is 13.3 Å². The number of benzene rings is 4. The van der Waals surface area contributed by atoms with E-state index in [0.717, 1.165) is 8.58 Å². The predicted molar refractivity (Wildman–Crippen MR) is 167 cm³/mol. The zero-order valence-electron chi connectivity index (χ0n) is 20.7. The average molecular weight is 687 g/mol. The minimum Gasteiger partial charge on any atom is -0.118 e. The first-order chi connectivity index (χ1) is 18.8. The summed E-state index contributed by atoms with van der Waals surface area (Å²) >= 11 is -0.346. The monoisotopic (exact) mass is 687 g/mol. The number of halogens is 2. The summed E-state index contributed by atoms with van der Waals surface area (Å²) in [6.07, 6.45) is 5.28. The third kappa shape index (κ3) is 13.3. The molecule has 0 spiro atoms. The molecular formula is C30H30Cl2O2P3Ru+3. The molecule has 0 aliphatic rings. The van der Waals surface area contributed by atoms with Crippen molar-refractivity contribution >= 4 is 65.0 Å². The Labute approximate surface area is 247 Å². The van der Waals surface area contributed by atoms with Crippen LogP contribution >= 0.6 is 43.8 Å². The van der Waals surface area contributed by atoms with E-state index < -0.39 is 7.92 Å². The first kappa shape index (κ1) is 34.9. The largest absolute Gasteiger partial charge is 0.118 e. The van der Waals surface area contributed by atoms with Gasteiger partial charge in [-0.3, -0.25) is 0 Å². The number of hydrogen-bond donors (Lipinski definition) is 0. The zero-order chi connectivity index (χ0) is 27.8. The average Bonchev–Trinajstić information content (AvgIpc) is 3.01. The van der Waals surface area contributed by atoms with Gasteiger partial charge in [-0.25, -0.2) is 0 Å². The van der Waals surface area contributed by atoms with E-state index in [0.29, 0.717) is 0 Å². The fourth-order valence-electron chi connectivity index (χ4n) is 3.89. The Bertz CT molecular complexity index is 966. The van der Waals surface area contributed by atoms with Gasteiger partial charge in [0.25, 0.3) is 0 Å². The summed E-state index contributed by atoms with van der Waals surface area (Å²) in [5.41, 5.74) is 0. The van der Waals surface area contributed by atoms with Crippen LogP contribution < -0.4 is 21.2 Å². The summed E-state index contributed by atoms with van der Waals surface area (Å²) in [6, 6.07) is 44.6. The molecule has 0 N–H and O–H groups in total. The van der Waals surface area contributed by atoms with Gasteiger partial charge in [-0.1, -0.05) is 97.1 Å². The fraction of sp³-hybridized carbons (Fsp3) is 0.133. The van der Waals surface area contributed by atoms with E-state index >= 15 is 0 Å². The summed E-state index contributed by atoms with van der Waals surface area (Å²) in [7, 11) is 9.80. The van der Waals surface area contributed by atoms with Crippen LogP contribution in [0.15, 0.2) is 121 Å². The summed E-state index contributed by atoms with van der Waals surface area (Å²) in [6.45, 7) is 9.00. The molecule has 0 amide bonds. The van der Waals surface area contributed by atoms with Crippen LogP contribution in [0.25, 0.3) is 0 Å². The minimum absolute atomic E-state index is 0.255. The molecule has 0 aliphatic heterocycles. The van der Waals surface area contributed by atoms with Crippen LogP contribution in [0.1, 0.15) is 0 Å². The van der Waals surface area contributed by atoms with Gasteiger partial charge in [0.2, 0.25) is 0 Å². The van der Waals surface area contributed by atoms with Crippen molar-refractivity contribution in [2.24, 2.45) is 0 Å². The first-order valence-corrected chi connectivity index (χ1v) is 20.8. The normalized spacial score (nSPS) is 10.0. The molecule has 0 heterocycles. The van der Waals surface area contributed by atoms with E-state index in [9.17, 15) is 0 Å². The van der Waals surface area contributed by atoms with Crippen molar-refractivity contribution in [2.75, 3.05) is 24.6 Å². The summed E-state index contributed by atoms with van der Waals surface area (Å²) in [5, 5.41) is 6.09. The van der Waals surface area contributed by atoms with Gasteiger partial charge in [0.1, 0.15) is 0 Å². The predicted octanol–water partition coefficient (Wildman–Crippen LogP) is 6.96. The molecule has 0 fully saturated rings. The topological polar surface area (TPSA) is 39.8 Å². The van der Waals surface area contributed by atoms with E-state index in [2.05, 4.69) is 135 Å². The second-order valence-electron chi connectivity index (χ2n) is 7.58. The Kier molecular flexibility index (Phi) is 21.8. The van der Waals surface area contributed by atoms with E-state index in [1.165, 1.54) is 35.3 Å². The van der Waals surface area contributed by atoms with E-state index in [1.54, 1.807) is 10.6 Å². The van der Waals surface area contributed by atoms with Crippen LogP contribution in [-0.2, 0) is 24.4 Å². The van der Waals surface area contributed by atoms with E-state index in [4.69, 9.17) is 28.7 Å². The molecule has 0 aliphatic carbocycles. The summed E-state index contributed by atoms with van der Waals surface area (Å²) in [4.78, 5) is 0. The molecule has 0 aromatic heterocycles. The zero-order valence-corrected chi connectivity index (χ0v) is 26.9. The van der Waals surface area contributed by atoms with Gasteiger partial charge in [0.05, 0.1) is 24.7 Å². The third-order valence-corrected chi connectivity index (χ3v) is 12.9. The molecule has 38 heavy (non-hydrogen) atoms. The maximum atomic E-state index is 7.50. The van der Waals surface area contributed by atoms with Gasteiger partial charge >= 0.3 is 57.1 Å². The van der Waals surface area contributed by atoms with Gasteiger partial charge in [-0.2, -0.15) is 0 Å². The molecule has 4 aromatic carbocycles. The molecule has 0 radical (unpaired) electrons. The van der Waals surface area contributed by atoms with Crippen molar-refractivity contribution < 1.29 is 24.4 Å². The molecule has 196 valence electrons. The summed E-state index contributed by atoms with van der Waals surface area (Å²) < 4.78 is 15.0. The molecule has 1 unspecified atom stereocenters. The molecule has 2 nitrogen and oxygen atoms in total. The van der Waals surface area contributed by atoms with Gasteiger partial charge in [-0.15, -0.1) is 8.58 Å². The molecule has 8 heteroatoms. The standard InChI is InChI=1S/C28H29P3.2CO.2ClH.Ru/c1-5-13-25(14-6-1)30(26-15-7-2-8-16-26)23-21-29-22-24-31(27-17-9-3-10-18-27)28-19-11-4-12-20-28;2*1-2;;;/h1-20,29H,21-24H2;;;2*1H;/q;;;;;+4/p-1. The van der Waals surface area contributed by atoms with Crippen LogP contribution in [0.5, 0.6) is 0 Å². The van der Waals surface area contributed by atoms with Gasteiger partial charge in [0.15, 0.2) is 0 Å². The van der Waals surface area contributed by atoms with Gasteiger partial charge < -0.3 is 0 Å². The fourth-order valence-corrected chi connectivity index (χ4v) is 11.3. The molecule has 4 rings (SSSR count). The van der Waals surface area contributed by atoms with Crippen molar-refractivity contribution in [2.45, 2.75) is 0 Å². The Balaban J connectivity index is 0.000000944. The van der Waals surface area contributed by atoms with Crippen molar-refractivity contribution in [1.29, 1.82) is 0 Å². The van der Waals surface area contributed by atoms with Gasteiger partial charge in [0, 0.05) is 0 Å². The molecule has 0 bridgehead atoms. The van der Waals surface area contributed by atoms with Gasteiger partial charge in [-0.05, 0) is 61.3 Å². The maximum Gasteiger partial charge on any atom is 0.0967 e. The molecule has 4 aromatic rings. The second kappa shape index (κ2) is 23.7. The Hall–Kier alpha value is -1.15. The van der Waals surface area contributed by atoms with Crippen LogP contribution in [0.2, 0.25) is 0 Å². The van der Waals surface area contributed by atoms with Crippen LogP contribution in [0.3, 0.4) is 0 Å². The molecule has 1 atom stereocenters.